The van der Waals surface area contributed by atoms with Gasteiger partial charge in [0.25, 0.3) is 0 Å². The molecule has 0 saturated heterocycles. The third kappa shape index (κ3) is 14.1. The lowest BCUT2D eigenvalue weighted by atomic mass is 10.0. The summed E-state index contributed by atoms with van der Waals surface area (Å²) in [6.45, 7) is 0. The van der Waals surface area contributed by atoms with E-state index in [9.17, 15) is 0 Å². The van der Waals surface area contributed by atoms with Crippen LogP contribution in [0.25, 0.3) is 277 Å². The molecule has 0 radical (unpaired) electrons. The van der Waals surface area contributed by atoms with Crippen LogP contribution in [-0.2, 0) is 0 Å². The Morgan fingerprint density at radius 3 is 0.667 bits per heavy atom. The van der Waals surface area contributed by atoms with E-state index < -0.39 is 0 Å². The topological polar surface area (TPSA) is 146 Å². The van der Waals surface area contributed by atoms with Crippen molar-refractivity contribution in [2.45, 2.75) is 0 Å². The van der Waals surface area contributed by atoms with Crippen LogP contribution >= 0.6 is 0 Å². The van der Waals surface area contributed by atoms with Gasteiger partial charge in [-0.3, -0.25) is 24.1 Å². The highest BCUT2D eigenvalue weighted by molar-refractivity contribution is 6.39. The smallest absolute Gasteiger partial charge is 0.238 e. The van der Waals surface area contributed by atoms with Crippen LogP contribution < -0.4 is 0 Å². The SMILES string of the molecule is c1ccc(-c2ccc(-c3nc(-c4ccccc4)nc(-n4c5ccccc5c5c6ncccc6c6c7ccccc7n(-c7ccccc7)c6c54)n3)cc2)cc1.c1ccc(-c2ccc(-n3c4ccccc4c4c5ncccc5c5c6ccccc6n(-c6ccccc6)c5c43)cc2)cc1.c1ccc(-c2cccc(-c3nc(-c4ccccc4)nc(-n4c5ccccc5c5c6ncccc6c6c7ccccc7n(-c7ccccc7)c6c54)n3)c2)cc1. The molecule has 31 rings (SSSR count). The molecule has 0 saturated carbocycles. The highest BCUT2D eigenvalue weighted by Gasteiger charge is 2.32. The summed E-state index contributed by atoms with van der Waals surface area (Å²) < 4.78 is 14.1. The van der Waals surface area contributed by atoms with Gasteiger partial charge in [-0.15, -0.1) is 0 Å². The Kier molecular flexibility index (Phi) is 20.6. The Hall–Kier alpha value is -20.6. The molecular weight excluding hydrogens is 1830 g/mol. The van der Waals surface area contributed by atoms with Gasteiger partial charge in [-0.05, 0) is 143 Å². The van der Waals surface area contributed by atoms with Gasteiger partial charge >= 0.3 is 0 Å². The van der Waals surface area contributed by atoms with Crippen molar-refractivity contribution in [3.05, 3.63) is 516 Å². The molecule has 700 valence electrons. The van der Waals surface area contributed by atoms with Gasteiger partial charge in [0.15, 0.2) is 23.3 Å². The number of para-hydroxylation sites is 9. The van der Waals surface area contributed by atoms with Crippen molar-refractivity contribution < 1.29 is 0 Å². The van der Waals surface area contributed by atoms with Crippen LogP contribution in [0.15, 0.2) is 516 Å². The maximum absolute atomic E-state index is 5.36. The van der Waals surface area contributed by atoms with Gasteiger partial charge < -0.3 is 18.3 Å². The molecule has 11 heterocycles. The molecular formula is C135H85N15. The average molecular weight is 1920 g/mol. The van der Waals surface area contributed by atoms with Crippen molar-refractivity contribution >= 4 is 164 Å². The Labute approximate surface area is 859 Å². The lowest BCUT2D eigenvalue weighted by molar-refractivity contribution is 0.953. The van der Waals surface area contributed by atoms with E-state index in [1.54, 1.807) is 0 Å². The number of hydrogen-bond donors (Lipinski definition) is 0. The molecule has 0 amide bonds. The number of rotatable bonds is 13. The molecule has 0 fully saturated rings. The number of nitrogens with zero attached hydrogens (tertiary/aromatic N) is 15. The molecule has 20 aromatic carbocycles. The Morgan fingerprint density at radius 1 is 0.133 bits per heavy atom. The summed E-state index contributed by atoms with van der Waals surface area (Å²) in [6.07, 6.45) is 5.71. The molecule has 0 unspecified atom stereocenters. The molecule has 0 aliphatic rings. The highest BCUT2D eigenvalue weighted by atomic mass is 15.2. The zero-order valence-electron chi connectivity index (χ0n) is 80.8. The van der Waals surface area contributed by atoms with E-state index in [-0.39, 0.29) is 0 Å². The van der Waals surface area contributed by atoms with E-state index in [0.717, 1.165) is 182 Å². The van der Waals surface area contributed by atoms with Gasteiger partial charge in [-0.2, -0.15) is 19.9 Å². The number of hydrogen-bond acceptors (Lipinski definition) is 9. The van der Waals surface area contributed by atoms with Gasteiger partial charge in [0.1, 0.15) is 0 Å². The fraction of sp³-hybridized carbons (Fsp3) is 0. The van der Waals surface area contributed by atoms with E-state index in [0.29, 0.717) is 35.2 Å². The third-order valence-electron chi connectivity index (χ3n) is 29.3. The standard InChI is InChI=1S/2C48H30N6.C39H25N3/c1-4-16-31(17-5-1)33-20-14-21-34(30-33)47-50-46(32-18-6-2-7-19-32)51-48(52-47)54-40-28-13-11-25-37(40)42-43-38(26-15-29-49-43)41-36-24-10-12-27-39(36)53(44(41)45(42)54)35-22-8-3-9-23-35;1-4-15-31(16-5-1)32-26-28-34(29-27-32)47-50-46(33-17-6-2-7-18-33)51-48(52-47)54-40-25-13-11-22-37(40)42-43-38(23-14-30-49-43)41-36-21-10-12-24-39(36)53(44(41)45(42)54)35-19-8-3-9-20-35;1-3-12-26(13-4-1)27-21-23-29(24-22-27)42-34-20-10-8-17-31(34)36-37-32(18-11-25-40-37)35-30-16-7-9-19-33(30)41(38(35)39(36)42)28-14-5-2-6-15-28/h2*1-30H;1-25H. The first-order valence-electron chi connectivity index (χ1n) is 50.5. The van der Waals surface area contributed by atoms with Crippen LogP contribution in [0.4, 0.5) is 0 Å². The normalized spacial score (nSPS) is 11.7. The average Bonchev–Trinajstić information content (AvgIpc) is 1.53. The van der Waals surface area contributed by atoms with Crippen molar-refractivity contribution in [2.24, 2.45) is 0 Å². The lowest BCUT2D eigenvalue weighted by Gasteiger charge is -2.14. The van der Waals surface area contributed by atoms with Gasteiger partial charge in [0.05, 0.1) is 82.8 Å². The predicted octanol–water partition coefficient (Wildman–Crippen LogP) is 33.3. The number of pyridine rings is 3. The van der Waals surface area contributed by atoms with Gasteiger partial charge in [0, 0.05) is 144 Å². The van der Waals surface area contributed by atoms with E-state index in [1.165, 1.54) is 60.1 Å². The molecule has 15 heteroatoms. The molecule has 11 aromatic heterocycles. The maximum Gasteiger partial charge on any atom is 0.238 e. The largest absolute Gasteiger partial charge is 0.307 e. The predicted molar refractivity (Wildman–Crippen MR) is 616 cm³/mol. The molecule has 150 heavy (non-hydrogen) atoms. The fourth-order valence-corrected chi connectivity index (χ4v) is 22.9. The number of benzene rings is 20. The second-order valence-corrected chi connectivity index (χ2v) is 37.8. The van der Waals surface area contributed by atoms with Crippen LogP contribution in [0.3, 0.4) is 0 Å². The summed E-state index contributed by atoms with van der Waals surface area (Å²) in [6, 6.07) is 174. The minimum absolute atomic E-state index is 0.539. The minimum Gasteiger partial charge on any atom is -0.307 e. The van der Waals surface area contributed by atoms with E-state index in [1.807, 2.05) is 79.3 Å². The van der Waals surface area contributed by atoms with Crippen molar-refractivity contribution in [2.75, 3.05) is 0 Å². The molecule has 15 nitrogen and oxygen atoms in total. The van der Waals surface area contributed by atoms with Crippen LogP contribution in [0.5, 0.6) is 0 Å². The molecule has 0 atom stereocenters. The number of aromatic nitrogens is 15. The summed E-state index contributed by atoms with van der Waals surface area (Å²) in [5.74, 6) is 3.48. The van der Waals surface area contributed by atoms with Gasteiger partial charge in [0.2, 0.25) is 11.9 Å². The summed E-state index contributed by atoms with van der Waals surface area (Å²) >= 11 is 0. The first kappa shape index (κ1) is 86.2. The fourth-order valence-electron chi connectivity index (χ4n) is 22.9. The molecule has 0 aliphatic heterocycles. The molecule has 0 N–H and O–H groups in total. The van der Waals surface area contributed by atoms with Crippen molar-refractivity contribution in [1.82, 2.24) is 72.3 Å². The molecule has 0 aliphatic carbocycles. The van der Waals surface area contributed by atoms with Crippen LogP contribution in [0, 0.1) is 0 Å². The molecule has 0 spiro atoms. The third-order valence-corrected chi connectivity index (χ3v) is 29.3. The van der Waals surface area contributed by atoms with E-state index in [2.05, 4.69) is 464 Å². The summed E-state index contributed by atoms with van der Waals surface area (Å²) in [7, 11) is 0. The van der Waals surface area contributed by atoms with Crippen LogP contribution in [0.1, 0.15) is 0 Å². The first-order valence-corrected chi connectivity index (χ1v) is 50.5. The summed E-state index contributed by atoms with van der Waals surface area (Å²) in [5.41, 5.74) is 31.0. The Bertz CT molecular complexity index is 10800. The second kappa shape index (κ2) is 35.8. The quantitative estimate of drug-likeness (QED) is 0.110. The molecule has 0 bridgehead atoms. The minimum atomic E-state index is 0.539. The lowest BCUT2D eigenvalue weighted by Crippen LogP contribution is -2.07. The zero-order valence-corrected chi connectivity index (χ0v) is 80.8. The highest BCUT2D eigenvalue weighted by Crippen LogP contribution is 2.52. The van der Waals surface area contributed by atoms with Crippen molar-refractivity contribution in [3.63, 3.8) is 0 Å². The maximum atomic E-state index is 5.36. The van der Waals surface area contributed by atoms with Crippen molar-refractivity contribution in [1.29, 1.82) is 0 Å². The van der Waals surface area contributed by atoms with Gasteiger partial charge in [-0.25, -0.2) is 9.97 Å². The Morgan fingerprint density at radius 2 is 0.340 bits per heavy atom. The zero-order chi connectivity index (χ0) is 98.8. The van der Waals surface area contributed by atoms with E-state index in [4.69, 9.17) is 44.9 Å². The van der Waals surface area contributed by atoms with Gasteiger partial charge in [-0.1, -0.05) is 388 Å². The Balaban J connectivity index is 0.000000107. The molecule has 31 aromatic rings. The first-order chi connectivity index (χ1) is 74.5. The monoisotopic (exact) mass is 1920 g/mol. The van der Waals surface area contributed by atoms with Crippen LogP contribution in [0.2, 0.25) is 0 Å². The summed E-state index contributed by atoms with van der Waals surface area (Å²) in [4.78, 5) is 46.8. The summed E-state index contributed by atoms with van der Waals surface area (Å²) in [5, 5.41) is 17.1. The van der Waals surface area contributed by atoms with Crippen LogP contribution in [-0.4, -0.2) is 72.3 Å². The second-order valence-electron chi connectivity index (χ2n) is 37.8. The van der Waals surface area contributed by atoms with Crippen molar-refractivity contribution in [3.8, 4) is 114 Å². The van der Waals surface area contributed by atoms with E-state index >= 15 is 0 Å². The number of fused-ring (bicyclic) bond motifs is 30.